The fourth-order valence-corrected chi connectivity index (χ4v) is 2.86. The molecule has 31 heavy (non-hydrogen) atoms. The van der Waals surface area contributed by atoms with Crippen LogP contribution in [0.25, 0.3) is 11.4 Å². The van der Waals surface area contributed by atoms with Crippen LogP contribution in [-0.2, 0) is 17.4 Å². The van der Waals surface area contributed by atoms with Crippen molar-refractivity contribution >= 4 is 17.5 Å². The molecular formula is C22H19ClF3N3O2. The lowest BCUT2D eigenvalue weighted by Gasteiger charge is -2.10. The predicted molar refractivity (Wildman–Crippen MR) is 111 cm³/mol. The lowest BCUT2D eigenvalue weighted by Crippen LogP contribution is -2.30. The highest BCUT2D eigenvalue weighted by molar-refractivity contribution is 6.30. The first-order valence-corrected chi connectivity index (χ1v) is 9.76. The first-order valence-electron chi connectivity index (χ1n) is 9.38. The second-order valence-corrected chi connectivity index (χ2v) is 7.20. The SMILES string of the molecule is Cc1cc(OCC(=O)NCCc2ccc(Cl)cc2)nc(-c2ccc(C(F)(F)F)cc2)n1. The van der Waals surface area contributed by atoms with Crippen LogP contribution in [0.5, 0.6) is 5.88 Å². The number of nitrogens with zero attached hydrogens (tertiary/aromatic N) is 2. The number of carbonyl (C=O) groups is 1. The summed E-state index contributed by atoms with van der Waals surface area (Å²) in [5.74, 6) is 0.0587. The Morgan fingerprint density at radius 2 is 1.74 bits per heavy atom. The third-order valence-electron chi connectivity index (χ3n) is 4.30. The highest BCUT2D eigenvalue weighted by Gasteiger charge is 2.30. The van der Waals surface area contributed by atoms with E-state index in [1.54, 1.807) is 25.1 Å². The zero-order valence-corrected chi connectivity index (χ0v) is 17.3. The van der Waals surface area contributed by atoms with Gasteiger partial charge in [0.2, 0.25) is 5.88 Å². The molecule has 0 bridgehead atoms. The number of halogens is 4. The molecule has 0 atom stereocenters. The number of hydrogen-bond donors (Lipinski definition) is 1. The summed E-state index contributed by atoms with van der Waals surface area (Å²) in [5.41, 5.74) is 1.26. The van der Waals surface area contributed by atoms with E-state index in [2.05, 4.69) is 15.3 Å². The Morgan fingerprint density at radius 1 is 1.06 bits per heavy atom. The van der Waals surface area contributed by atoms with Crippen LogP contribution in [0.2, 0.25) is 5.02 Å². The smallest absolute Gasteiger partial charge is 0.416 e. The lowest BCUT2D eigenvalue weighted by atomic mass is 10.1. The molecule has 3 aromatic rings. The third kappa shape index (κ3) is 6.68. The van der Waals surface area contributed by atoms with E-state index in [4.69, 9.17) is 16.3 Å². The van der Waals surface area contributed by atoms with E-state index < -0.39 is 11.7 Å². The molecule has 1 aromatic heterocycles. The summed E-state index contributed by atoms with van der Waals surface area (Å²) in [6, 6.07) is 13.4. The van der Waals surface area contributed by atoms with E-state index in [0.717, 1.165) is 17.7 Å². The molecule has 2 aromatic carbocycles. The third-order valence-corrected chi connectivity index (χ3v) is 4.55. The summed E-state index contributed by atoms with van der Waals surface area (Å²) < 4.78 is 43.6. The summed E-state index contributed by atoms with van der Waals surface area (Å²) in [5, 5.41) is 3.40. The van der Waals surface area contributed by atoms with Gasteiger partial charge in [0, 0.05) is 28.9 Å². The molecule has 1 amide bonds. The van der Waals surface area contributed by atoms with Crippen molar-refractivity contribution in [3.63, 3.8) is 0 Å². The maximum atomic E-state index is 12.7. The normalized spacial score (nSPS) is 11.3. The fraction of sp³-hybridized carbons (Fsp3) is 0.227. The standard InChI is InChI=1S/C22H19ClF3N3O2/c1-14-12-20(29-21(28-14)16-4-6-17(7-5-16)22(24,25)26)31-13-19(30)27-11-10-15-2-8-18(23)9-3-15/h2-9,12H,10-11,13H2,1H3,(H,27,30). The van der Waals surface area contributed by atoms with Gasteiger partial charge < -0.3 is 10.1 Å². The van der Waals surface area contributed by atoms with Crippen LogP contribution in [0.1, 0.15) is 16.8 Å². The van der Waals surface area contributed by atoms with Gasteiger partial charge in [-0.3, -0.25) is 4.79 Å². The summed E-state index contributed by atoms with van der Waals surface area (Å²) in [4.78, 5) is 20.5. The van der Waals surface area contributed by atoms with E-state index in [1.807, 2.05) is 12.1 Å². The van der Waals surface area contributed by atoms with Crippen LogP contribution in [0.3, 0.4) is 0 Å². The molecule has 0 saturated carbocycles. The van der Waals surface area contributed by atoms with Crippen molar-refractivity contribution in [2.24, 2.45) is 0 Å². The minimum Gasteiger partial charge on any atom is -0.467 e. The number of aromatic nitrogens is 2. The summed E-state index contributed by atoms with van der Waals surface area (Å²) in [6.07, 6.45) is -3.77. The Balaban J connectivity index is 1.56. The van der Waals surface area contributed by atoms with Gasteiger partial charge in [-0.25, -0.2) is 4.98 Å². The number of carbonyl (C=O) groups excluding carboxylic acids is 1. The van der Waals surface area contributed by atoms with Crippen LogP contribution < -0.4 is 10.1 Å². The molecule has 0 aliphatic rings. The zero-order valence-electron chi connectivity index (χ0n) is 16.5. The fourth-order valence-electron chi connectivity index (χ4n) is 2.74. The molecule has 5 nitrogen and oxygen atoms in total. The largest absolute Gasteiger partial charge is 0.467 e. The Labute approximate surface area is 182 Å². The maximum Gasteiger partial charge on any atom is 0.416 e. The first-order chi connectivity index (χ1) is 14.7. The quantitative estimate of drug-likeness (QED) is 0.559. The Bertz CT molecular complexity index is 1040. The van der Waals surface area contributed by atoms with Crippen LogP contribution in [0.15, 0.2) is 54.6 Å². The van der Waals surface area contributed by atoms with Crippen LogP contribution in [-0.4, -0.2) is 29.0 Å². The molecule has 0 radical (unpaired) electrons. The monoisotopic (exact) mass is 449 g/mol. The van der Waals surface area contributed by atoms with Crippen molar-refractivity contribution in [3.05, 3.63) is 76.4 Å². The molecule has 1 heterocycles. The molecule has 0 spiro atoms. The topological polar surface area (TPSA) is 64.1 Å². The van der Waals surface area contributed by atoms with E-state index in [1.165, 1.54) is 12.1 Å². The Kier molecular flexibility index (Phi) is 7.12. The highest BCUT2D eigenvalue weighted by atomic mass is 35.5. The van der Waals surface area contributed by atoms with Gasteiger partial charge in [0.25, 0.3) is 5.91 Å². The number of alkyl halides is 3. The van der Waals surface area contributed by atoms with Crippen molar-refractivity contribution < 1.29 is 22.7 Å². The zero-order chi connectivity index (χ0) is 22.4. The second-order valence-electron chi connectivity index (χ2n) is 6.76. The minimum atomic E-state index is -4.42. The van der Waals surface area contributed by atoms with Gasteiger partial charge in [-0.15, -0.1) is 0 Å². The van der Waals surface area contributed by atoms with Crippen molar-refractivity contribution in [1.29, 1.82) is 0 Å². The molecule has 0 saturated heterocycles. The number of hydrogen-bond acceptors (Lipinski definition) is 4. The number of aryl methyl sites for hydroxylation is 1. The van der Waals surface area contributed by atoms with Crippen LogP contribution >= 0.6 is 11.6 Å². The predicted octanol–water partition coefficient (Wildman–Crippen LogP) is 4.86. The van der Waals surface area contributed by atoms with Crippen molar-refractivity contribution in [2.75, 3.05) is 13.2 Å². The number of benzene rings is 2. The van der Waals surface area contributed by atoms with Gasteiger partial charge in [0.1, 0.15) is 0 Å². The average Bonchev–Trinajstić information content (AvgIpc) is 2.73. The van der Waals surface area contributed by atoms with Gasteiger partial charge in [0.05, 0.1) is 5.56 Å². The van der Waals surface area contributed by atoms with Crippen molar-refractivity contribution in [3.8, 4) is 17.3 Å². The van der Waals surface area contributed by atoms with E-state index in [0.29, 0.717) is 29.2 Å². The summed E-state index contributed by atoms with van der Waals surface area (Å²) in [7, 11) is 0. The number of ether oxygens (including phenoxy) is 1. The van der Waals surface area contributed by atoms with Gasteiger partial charge in [-0.05, 0) is 43.2 Å². The Hall–Kier alpha value is -3.13. The van der Waals surface area contributed by atoms with Gasteiger partial charge in [0.15, 0.2) is 12.4 Å². The van der Waals surface area contributed by atoms with Gasteiger partial charge in [-0.2, -0.15) is 18.2 Å². The Morgan fingerprint density at radius 3 is 2.39 bits per heavy atom. The molecule has 0 aliphatic heterocycles. The van der Waals surface area contributed by atoms with E-state index >= 15 is 0 Å². The van der Waals surface area contributed by atoms with Crippen molar-refractivity contribution in [1.82, 2.24) is 15.3 Å². The molecular weight excluding hydrogens is 431 g/mol. The van der Waals surface area contributed by atoms with Crippen LogP contribution in [0, 0.1) is 6.92 Å². The van der Waals surface area contributed by atoms with Crippen molar-refractivity contribution in [2.45, 2.75) is 19.5 Å². The molecule has 0 unspecified atom stereocenters. The molecule has 0 fully saturated rings. The maximum absolute atomic E-state index is 12.7. The van der Waals surface area contributed by atoms with Crippen LogP contribution in [0.4, 0.5) is 13.2 Å². The average molecular weight is 450 g/mol. The lowest BCUT2D eigenvalue weighted by molar-refractivity contribution is -0.137. The number of rotatable bonds is 7. The summed E-state index contributed by atoms with van der Waals surface area (Å²) in [6.45, 7) is 1.89. The molecule has 3 rings (SSSR count). The van der Waals surface area contributed by atoms with E-state index in [9.17, 15) is 18.0 Å². The number of nitrogens with one attached hydrogen (secondary N) is 1. The van der Waals surface area contributed by atoms with Gasteiger partial charge in [-0.1, -0.05) is 35.9 Å². The molecule has 162 valence electrons. The molecule has 9 heteroatoms. The minimum absolute atomic E-state index is 0.162. The summed E-state index contributed by atoms with van der Waals surface area (Å²) >= 11 is 5.84. The molecule has 0 aliphatic carbocycles. The first kappa shape index (κ1) is 22.6. The number of amides is 1. The van der Waals surface area contributed by atoms with E-state index in [-0.39, 0.29) is 24.2 Å². The highest BCUT2D eigenvalue weighted by Crippen LogP contribution is 2.30. The molecule has 1 N–H and O–H groups in total. The second kappa shape index (κ2) is 9.78. The van der Waals surface area contributed by atoms with Gasteiger partial charge >= 0.3 is 6.18 Å².